The van der Waals surface area contributed by atoms with E-state index in [9.17, 15) is 9.59 Å². The molecule has 1 N–H and O–H groups in total. The van der Waals surface area contributed by atoms with Gasteiger partial charge >= 0.3 is 0 Å². The molecule has 1 aliphatic rings. The van der Waals surface area contributed by atoms with Gasteiger partial charge in [-0.3, -0.25) is 14.5 Å². The zero-order valence-electron chi connectivity index (χ0n) is 16.4. The highest BCUT2D eigenvalue weighted by molar-refractivity contribution is 7.12. The summed E-state index contributed by atoms with van der Waals surface area (Å²) in [5, 5.41) is 5.47. The van der Waals surface area contributed by atoms with Crippen LogP contribution in [0.25, 0.3) is 0 Å². The number of nitrogens with one attached hydrogen (secondary N) is 1. The van der Waals surface area contributed by atoms with E-state index in [-0.39, 0.29) is 11.8 Å². The second kappa shape index (κ2) is 9.43. The largest absolute Gasteiger partial charge is 0.336 e. The van der Waals surface area contributed by atoms with Gasteiger partial charge in [-0.15, -0.1) is 11.3 Å². The number of piperazine rings is 1. The predicted octanol–water partition coefficient (Wildman–Crippen LogP) is 4.61. The van der Waals surface area contributed by atoms with Crippen molar-refractivity contribution in [3.63, 3.8) is 0 Å². The van der Waals surface area contributed by atoms with Gasteiger partial charge in [0.2, 0.25) is 0 Å². The van der Waals surface area contributed by atoms with Gasteiger partial charge in [0.05, 0.1) is 4.88 Å². The molecule has 2 aromatic carbocycles. The van der Waals surface area contributed by atoms with Crippen LogP contribution in [0.2, 0.25) is 5.02 Å². The van der Waals surface area contributed by atoms with Gasteiger partial charge in [0.15, 0.2) is 0 Å². The minimum atomic E-state index is -0.139. The van der Waals surface area contributed by atoms with Crippen LogP contribution in [0.15, 0.2) is 66.0 Å². The van der Waals surface area contributed by atoms with Gasteiger partial charge in [-0.1, -0.05) is 29.8 Å². The van der Waals surface area contributed by atoms with Gasteiger partial charge in [0.1, 0.15) is 0 Å². The van der Waals surface area contributed by atoms with Crippen molar-refractivity contribution in [1.29, 1.82) is 0 Å². The summed E-state index contributed by atoms with van der Waals surface area (Å²) >= 11 is 7.46. The Morgan fingerprint density at radius 1 is 0.967 bits per heavy atom. The van der Waals surface area contributed by atoms with E-state index in [1.807, 2.05) is 34.5 Å². The Kier molecular flexibility index (Phi) is 6.47. The van der Waals surface area contributed by atoms with Crippen LogP contribution in [0.3, 0.4) is 0 Å². The maximum atomic E-state index is 12.8. The van der Waals surface area contributed by atoms with Crippen molar-refractivity contribution in [1.82, 2.24) is 9.80 Å². The van der Waals surface area contributed by atoms with E-state index in [1.54, 1.807) is 30.3 Å². The standard InChI is InChI=1S/C23H22ClN3O2S/c24-19-4-1-3-17(15-19)16-26-10-12-27(13-11-26)23(29)18-6-8-20(9-7-18)25-22(28)21-5-2-14-30-21/h1-9,14-15H,10-13,16H2,(H,25,28). The smallest absolute Gasteiger partial charge is 0.265 e. The van der Waals surface area contributed by atoms with Crippen LogP contribution >= 0.6 is 22.9 Å². The molecular weight excluding hydrogens is 418 g/mol. The summed E-state index contributed by atoms with van der Waals surface area (Å²) in [6.07, 6.45) is 0. The molecule has 0 atom stereocenters. The molecule has 1 saturated heterocycles. The molecule has 1 fully saturated rings. The minimum Gasteiger partial charge on any atom is -0.336 e. The van der Waals surface area contributed by atoms with E-state index in [0.29, 0.717) is 29.2 Å². The molecule has 2 amide bonds. The van der Waals surface area contributed by atoms with Gasteiger partial charge in [-0.05, 0) is 53.4 Å². The molecule has 4 rings (SSSR count). The minimum absolute atomic E-state index is 0.0218. The summed E-state index contributed by atoms with van der Waals surface area (Å²) in [5.41, 5.74) is 2.49. The van der Waals surface area contributed by atoms with Gasteiger partial charge in [0.25, 0.3) is 11.8 Å². The van der Waals surface area contributed by atoms with Crippen molar-refractivity contribution in [2.24, 2.45) is 0 Å². The number of anilines is 1. The highest BCUT2D eigenvalue weighted by Gasteiger charge is 2.22. The molecule has 2 heterocycles. The number of halogens is 1. The van der Waals surface area contributed by atoms with Crippen LogP contribution in [0, 0.1) is 0 Å². The maximum Gasteiger partial charge on any atom is 0.265 e. The number of carbonyl (C=O) groups is 2. The topological polar surface area (TPSA) is 52.7 Å². The molecule has 154 valence electrons. The summed E-state index contributed by atoms with van der Waals surface area (Å²) in [4.78, 5) is 29.8. The van der Waals surface area contributed by atoms with Crippen LogP contribution in [-0.2, 0) is 6.54 Å². The molecule has 5 nitrogen and oxygen atoms in total. The summed E-state index contributed by atoms with van der Waals surface area (Å²) < 4.78 is 0. The average molecular weight is 440 g/mol. The number of amides is 2. The number of carbonyl (C=O) groups excluding carboxylic acids is 2. The van der Waals surface area contributed by atoms with E-state index in [2.05, 4.69) is 16.3 Å². The molecule has 0 saturated carbocycles. The van der Waals surface area contributed by atoms with Gasteiger partial charge in [-0.2, -0.15) is 0 Å². The third kappa shape index (κ3) is 5.08. The Hall–Kier alpha value is -2.67. The number of hydrogen-bond donors (Lipinski definition) is 1. The van der Waals surface area contributed by atoms with Crippen molar-refractivity contribution in [2.45, 2.75) is 6.54 Å². The molecule has 30 heavy (non-hydrogen) atoms. The fourth-order valence-electron chi connectivity index (χ4n) is 3.48. The lowest BCUT2D eigenvalue weighted by Gasteiger charge is -2.34. The molecule has 0 radical (unpaired) electrons. The maximum absolute atomic E-state index is 12.8. The number of benzene rings is 2. The fraction of sp³-hybridized carbons (Fsp3) is 0.217. The third-order valence-electron chi connectivity index (χ3n) is 5.09. The average Bonchev–Trinajstić information content (AvgIpc) is 3.30. The first-order valence-corrected chi connectivity index (χ1v) is 11.1. The molecular formula is C23H22ClN3O2S. The van der Waals surface area contributed by atoms with Crippen molar-refractivity contribution < 1.29 is 9.59 Å². The Bertz CT molecular complexity index is 1010. The van der Waals surface area contributed by atoms with Crippen LogP contribution in [0.5, 0.6) is 0 Å². The molecule has 3 aromatic rings. The lowest BCUT2D eigenvalue weighted by atomic mass is 10.1. The zero-order valence-corrected chi connectivity index (χ0v) is 18.0. The van der Waals surface area contributed by atoms with Crippen LogP contribution in [0.4, 0.5) is 5.69 Å². The summed E-state index contributed by atoms with van der Waals surface area (Å²) in [7, 11) is 0. The second-order valence-corrected chi connectivity index (χ2v) is 8.59. The highest BCUT2D eigenvalue weighted by atomic mass is 35.5. The quantitative estimate of drug-likeness (QED) is 0.631. The molecule has 1 aliphatic heterocycles. The SMILES string of the molecule is O=C(Nc1ccc(C(=O)N2CCN(Cc3cccc(Cl)c3)CC2)cc1)c1cccs1. The van der Waals surface area contributed by atoms with E-state index in [0.717, 1.165) is 24.7 Å². The Balaban J connectivity index is 1.30. The summed E-state index contributed by atoms with van der Waals surface area (Å²) in [6.45, 7) is 3.87. The third-order valence-corrected chi connectivity index (χ3v) is 6.19. The number of thiophene rings is 1. The van der Waals surface area contributed by atoms with Crippen molar-refractivity contribution in [3.8, 4) is 0 Å². The fourth-order valence-corrected chi connectivity index (χ4v) is 4.31. The molecule has 0 spiro atoms. The normalized spacial score (nSPS) is 14.5. The van der Waals surface area contributed by atoms with Crippen molar-refractivity contribution in [3.05, 3.63) is 87.1 Å². The second-order valence-electron chi connectivity index (χ2n) is 7.21. The summed E-state index contributed by atoms with van der Waals surface area (Å²) in [6, 6.07) is 18.6. The van der Waals surface area contributed by atoms with Crippen LogP contribution in [0.1, 0.15) is 25.6 Å². The lowest BCUT2D eigenvalue weighted by molar-refractivity contribution is 0.0628. The lowest BCUT2D eigenvalue weighted by Crippen LogP contribution is -2.48. The molecule has 0 bridgehead atoms. The van der Waals surface area contributed by atoms with E-state index >= 15 is 0 Å². The monoisotopic (exact) mass is 439 g/mol. The van der Waals surface area contributed by atoms with Gasteiger partial charge in [-0.25, -0.2) is 0 Å². The predicted molar refractivity (Wildman–Crippen MR) is 121 cm³/mol. The first-order valence-electron chi connectivity index (χ1n) is 9.79. The number of rotatable bonds is 5. The van der Waals surface area contributed by atoms with Crippen molar-refractivity contribution in [2.75, 3.05) is 31.5 Å². The molecule has 0 unspecified atom stereocenters. The molecule has 1 aromatic heterocycles. The summed E-state index contributed by atoms with van der Waals surface area (Å²) in [5.74, 6) is -0.117. The van der Waals surface area contributed by atoms with Crippen LogP contribution < -0.4 is 5.32 Å². The molecule has 0 aliphatic carbocycles. The first-order chi connectivity index (χ1) is 14.6. The Morgan fingerprint density at radius 2 is 1.73 bits per heavy atom. The first kappa shape index (κ1) is 20.6. The number of nitrogens with zero attached hydrogens (tertiary/aromatic N) is 2. The van der Waals surface area contributed by atoms with E-state index < -0.39 is 0 Å². The zero-order chi connectivity index (χ0) is 20.9. The Morgan fingerprint density at radius 3 is 2.40 bits per heavy atom. The van der Waals surface area contributed by atoms with Gasteiger partial charge < -0.3 is 10.2 Å². The van der Waals surface area contributed by atoms with E-state index in [4.69, 9.17) is 11.6 Å². The number of hydrogen-bond acceptors (Lipinski definition) is 4. The highest BCUT2D eigenvalue weighted by Crippen LogP contribution is 2.17. The van der Waals surface area contributed by atoms with E-state index in [1.165, 1.54) is 16.9 Å². The van der Waals surface area contributed by atoms with Crippen LogP contribution in [-0.4, -0.2) is 47.8 Å². The van der Waals surface area contributed by atoms with Crippen molar-refractivity contribution >= 4 is 40.4 Å². The van der Waals surface area contributed by atoms with Gasteiger partial charge in [0, 0.05) is 49.0 Å². The Labute approximate surface area is 184 Å². The molecule has 7 heteroatoms.